The quantitative estimate of drug-likeness (QED) is 0.0465. The number of aliphatic hydroxyl groups excluding tert-OH is 1. The normalized spacial score (nSPS) is 11.9. The van der Waals surface area contributed by atoms with Gasteiger partial charge in [0.15, 0.2) is 0 Å². The van der Waals surface area contributed by atoms with Gasteiger partial charge in [-0.05, 0) is 90.4 Å². The van der Waals surface area contributed by atoms with Crippen molar-refractivity contribution in [2.75, 3.05) is 32.8 Å². The van der Waals surface area contributed by atoms with Gasteiger partial charge in [0.05, 0.1) is 6.61 Å². The Morgan fingerprint density at radius 1 is 0.651 bits per heavy atom. The minimum Gasteiger partial charge on any atom is -0.466 e. The van der Waals surface area contributed by atoms with Crippen LogP contribution in [0.4, 0.5) is 0 Å². The summed E-state index contributed by atoms with van der Waals surface area (Å²) in [5.74, 6) is 1.25. The zero-order valence-electron chi connectivity index (χ0n) is 29.0. The number of allylic oxidation sites excluding steroid dienone is 2. The molecule has 0 saturated heterocycles. The fourth-order valence-corrected chi connectivity index (χ4v) is 5.55. The predicted molar refractivity (Wildman–Crippen MR) is 181 cm³/mol. The van der Waals surface area contributed by atoms with E-state index < -0.39 is 0 Å². The Morgan fingerprint density at radius 3 is 1.65 bits per heavy atom. The van der Waals surface area contributed by atoms with Gasteiger partial charge in [-0.2, -0.15) is 0 Å². The van der Waals surface area contributed by atoms with Gasteiger partial charge in [0.25, 0.3) is 0 Å². The van der Waals surface area contributed by atoms with Gasteiger partial charge in [-0.25, -0.2) is 0 Å². The molecule has 6 nitrogen and oxygen atoms in total. The van der Waals surface area contributed by atoms with E-state index in [9.17, 15) is 14.7 Å². The lowest BCUT2D eigenvalue weighted by molar-refractivity contribution is -0.144. The van der Waals surface area contributed by atoms with Gasteiger partial charge in [-0.1, -0.05) is 104 Å². The first-order valence-electron chi connectivity index (χ1n) is 18.3. The van der Waals surface area contributed by atoms with Crippen molar-refractivity contribution in [1.29, 1.82) is 0 Å². The van der Waals surface area contributed by atoms with Crippen molar-refractivity contribution in [3.05, 3.63) is 11.8 Å². The van der Waals surface area contributed by atoms with Crippen LogP contribution in [0.5, 0.6) is 0 Å². The molecule has 0 amide bonds. The van der Waals surface area contributed by atoms with Gasteiger partial charge < -0.3 is 19.5 Å². The zero-order valence-corrected chi connectivity index (χ0v) is 29.0. The number of esters is 2. The summed E-state index contributed by atoms with van der Waals surface area (Å²) in [7, 11) is 0. The largest absolute Gasteiger partial charge is 0.466 e. The molecule has 0 aliphatic heterocycles. The number of hydrogen-bond acceptors (Lipinski definition) is 6. The molecule has 6 heteroatoms. The lowest BCUT2D eigenvalue weighted by Crippen LogP contribution is -2.27. The molecule has 0 aliphatic carbocycles. The fourth-order valence-electron chi connectivity index (χ4n) is 5.55. The Bertz CT molecular complexity index is 655. The van der Waals surface area contributed by atoms with E-state index in [1.54, 1.807) is 0 Å². The van der Waals surface area contributed by atoms with E-state index >= 15 is 0 Å². The number of nitrogens with zero attached hydrogens (tertiary/aromatic N) is 1. The molecule has 0 unspecified atom stereocenters. The Morgan fingerprint density at radius 2 is 1.14 bits per heavy atom. The van der Waals surface area contributed by atoms with Crippen LogP contribution in [0.25, 0.3) is 0 Å². The van der Waals surface area contributed by atoms with Crippen molar-refractivity contribution in [1.82, 2.24) is 4.90 Å². The van der Waals surface area contributed by atoms with Gasteiger partial charge in [0.2, 0.25) is 0 Å². The molecular weight excluding hydrogens is 538 g/mol. The first-order valence-corrected chi connectivity index (χ1v) is 18.3. The minimum absolute atomic E-state index is 0.0143. The lowest BCUT2D eigenvalue weighted by Gasteiger charge is -2.22. The number of aliphatic hydroxyl groups is 1. The molecular formula is C37H71NO5. The van der Waals surface area contributed by atoms with Crippen LogP contribution in [0.15, 0.2) is 11.8 Å². The van der Waals surface area contributed by atoms with Crippen LogP contribution < -0.4 is 0 Å². The summed E-state index contributed by atoms with van der Waals surface area (Å²) >= 11 is 0. The van der Waals surface area contributed by atoms with Gasteiger partial charge >= 0.3 is 11.9 Å². The van der Waals surface area contributed by atoms with Crippen molar-refractivity contribution >= 4 is 11.9 Å². The molecule has 0 aromatic carbocycles. The van der Waals surface area contributed by atoms with Gasteiger partial charge in [-0.15, -0.1) is 0 Å². The van der Waals surface area contributed by atoms with Crippen molar-refractivity contribution in [3.8, 4) is 0 Å². The predicted octanol–water partition coefficient (Wildman–Crippen LogP) is 9.92. The molecule has 0 radical (unpaired) electrons. The van der Waals surface area contributed by atoms with Crippen LogP contribution in [0.1, 0.15) is 175 Å². The summed E-state index contributed by atoms with van der Waals surface area (Å²) in [6.45, 7) is 12.3. The van der Waals surface area contributed by atoms with Gasteiger partial charge in [-0.3, -0.25) is 9.59 Å². The van der Waals surface area contributed by atoms with E-state index in [4.69, 9.17) is 9.47 Å². The molecule has 0 rings (SSSR count). The van der Waals surface area contributed by atoms with E-state index in [1.807, 2.05) is 19.9 Å². The van der Waals surface area contributed by atoms with E-state index in [1.165, 1.54) is 83.5 Å². The maximum absolute atomic E-state index is 12.2. The Hall–Kier alpha value is -1.40. The summed E-state index contributed by atoms with van der Waals surface area (Å²) in [6.07, 6.45) is 27.2. The highest BCUT2D eigenvalue weighted by molar-refractivity contribution is 5.70. The highest BCUT2D eigenvalue weighted by Crippen LogP contribution is 2.21. The fraction of sp³-hybridized carbons (Fsp3) is 0.892. The van der Waals surface area contributed by atoms with Gasteiger partial charge in [0, 0.05) is 19.4 Å². The molecule has 0 heterocycles. The van der Waals surface area contributed by atoms with Crippen LogP contribution in [0, 0.1) is 5.92 Å². The van der Waals surface area contributed by atoms with Crippen molar-refractivity contribution in [3.63, 3.8) is 0 Å². The number of carbonyl (C=O) groups excluding carboxylic acids is 2. The van der Waals surface area contributed by atoms with Crippen LogP contribution in [0.3, 0.4) is 0 Å². The molecule has 1 N–H and O–H groups in total. The Kier molecular flexibility index (Phi) is 31.0. The topological polar surface area (TPSA) is 76.1 Å². The standard InChI is InChI=1S/C37H71NO5/c1-5-8-16-24-35(25-17-9-6-2)28-33-42-36(40)26-18-12-10-14-20-29-38(31-22-23-32-39)30-21-15-11-13-19-27-37(41)43-34(4)7-3/h7,35,39H,5-6,8-33H2,1-4H3/b34-7+. The molecule has 0 saturated carbocycles. The average Bonchev–Trinajstić information content (AvgIpc) is 2.99. The molecule has 254 valence electrons. The average molecular weight is 610 g/mol. The molecule has 0 aromatic heterocycles. The number of unbranched alkanes of at least 4 members (excludes halogenated alkanes) is 13. The third-order valence-electron chi connectivity index (χ3n) is 8.50. The zero-order chi connectivity index (χ0) is 31.8. The molecule has 0 fully saturated rings. The first-order chi connectivity index (χ1) is 21.0. The summed E-state index contributed by atoms with van der Waals surface area (Å²) in [5.41, 5.74) is 0. The second-order valence-corrected chi connectivity index (χ2v) is 12.5. The maximum Gasteiger partial charge on any atom is 0.310 e. The van der Waals surface area contributed by atoms with E-state index in [2.05, 4.69) is 18.7 Å². The van der Waals surface area contributed by atoms with E-state index in [-0.39, 0.29) is 18.5 Å². The number of rotatable bonds is 32. The number of hydrogen-bond donors (Lipinski definition) is 1. The SMILES string of the molecule is C/C=C(\C)OC(=O)CCCCCCCN(CCCCO)CCCCCCCC(=O)OCCC(CCCCC)CCCCC. The summed E-state index contributed by atoms with van der Waals surface area (Å²) < 4.78 is 10.8. The monoisotopic (exact) mass is 610 g/mol. The van der Waals surface area contributed by atoms with Crippen LogP contribution in [-0.4, -0.2) is 54.8 Å². The summed E-state index contributed by atoms with van der Waals surface area (Å²) in [4.78, 5) is 26.5. The Balaban J connectivity index is 3.98. The molecule has 43 heavy (non-hydrogen) atoms. The molecule has 0 aromatic rings. The maximum atomic E-state index is 12.2. The van der Waals surface area contributed by atoms with E-state index in [0.29, 0.717) is 31.1 Å². The van der Waals surface area contributed by atoms with Crippen LogP contribution >= 0.6 is 0 Å². The van der Waals surface area contributed by atoms with Crippen LogP contribution in [0.2, 0.25) is 0 Å². The van der Waals surface area contributed by atoms with Crippen molar-refractivity contribution < 1.29 is 24.2 Å². The Labute approximate surface area is 266 Å². The second-order valence-electron chi connectivity index (χ2n) is 12.5. The lowest BCUT2D eigenvalue weighted by atomic mass is 9.92. The smallest absolute Gasteiger partial charge is 0.310 e. The number of carbonyl (C=O) groups is 2. The highest BCUT2D eigenvalue weighted by Gasteiger charge is 2.11. The highest BCUT2D eigenvalue weighted by atomic mass is 16.5. The third-order valence-corrected chi connectivity index (χ3v) is 8.50. The molecule has 0 bridgehead atoms. The van der Waals surface area contributed by atoms with Gasteiger partial charge in [0.1, 0.15) is 5.76 Å². The van der Waals surface area contributed by atoms with Crippen molar-refractivity contribution in [2.45, 2.75) is 175 Å². The minimum atomic E-state index is -0.125. The molecule has 0 aliphatic rings. The molecule has 0 atom stereocenters. The third kappa shape index (κ3) is 29.1. The summed E-state index contributed by atoms with van der Waals surface area (Å²) in [6, 6.07) is 0. The van der Waals surface area contributed by atoms with Crippen molar-refractivity contribution in [2.24, 2.45) is 5.92 Å². The number of ether oxygens (including phenoxy) is 2. The summed E-state index contributed by atoms with van der Waals surface area (Å²) in [5, 5.41) is 9.18. The second kappa shape index (κ2) is 32.0. The van der Waals surface area contributed by atoms with E-state index in [0.717, 1.165) is 71.0 Å². The van der Waals surface area contributed by atoms with Crippen LogP contribution in [-0.2, 0) is 19.1 Å². The first kappa shape index (κ1) is 41.6. The molecule has 0 spiro atoms.